The molecule has 2 aromatic carbocycles. The monoisotopic (exact) mass is 308 g/mol. The van der Waals surface area contributed by atoms with Gasteiger partial charge in [-0.1, -0.05) is 40.9 Å². The van der Waals surface area contributed by atoms with Crippen molar-refractivity contribution in [2.75, 3.05) is 0 Å². The van der Waals surface area contributed by atoms with Crippen LogP contribution in [0.4, 0.5) is 0 Å². The lowest BCUT2D eigenvalue weighted by atomic mass is 9.94. The quantitative estimate of drug-likeness (QED) is 0.815. The zero-order valence-corrected chi connectivity index (χ0v) is 12.4. The van der Waals surface area contributed by atoms with Crippen molar-refractivity contribution in [1.82, 2.24) is 0 Å². The van der Waals surface area contributed by atoms with E-state index >= 15 is 0 Å². The van der Waals surface area contributed by atoms with Crippen molar-refractivity contribution >= 4 is 23.2 Å². The van der Waals surface area contributed by atoms with Crippen LogP contribution >= 0.6 is 23.2 Å². The van der Waals surface area contributed by atoms with Gasteiger partial charge in [-0.2, -0.15) is 0 Å². The van der Waals surface area contributed by atoms with Crippen molar-refractivity contribution in [3.8, 4) is 5.75 Å². The Morgan fingerprint density at radius 3 is 2.65 bits per heavy atom. The Balaban J connectivity index is 1.97. The maximum atomic E-state index is 10.3. The first-order valence-electron chi connectivity index (χ1n) is 6.45. The Labute approximate surface area is 127 Å². The highest BCUT2D eigenvalue weighted by Crippen LogP contribution is 2.42. The lowest BCUT2D eigenvalue weighted by molar-refractivity contribution is 0.0657. The summed E-state index contributed by atoms with van der Waals surface area (Å²) >= 11 is 12.1. The van der Waals surface area contributed by atoms with Crippen LogP contribution in [0.3, 0.4) is 0 Å². The van der Waals surface area contributed by atoms with Gasteiger partial charge in [0.15, 0.2) is 0 Å². The number of benzene rings is 2. The van der Waals surface area contributed by atoms with Gasteiger partial charge in [0, 0.05) is 27.6 Å². The SMILES string of the molecule is Cc1ccc2c(c1)[C@H](O)CC(c1ccc(Cl)cc1Cl)O2. The second-order valence-electron chi connectivity index (χ2n) is 5.07. The molecule has 0 aromatic heterocycles. The number of hydrogen-bond donors (Lipinski definition) is 1. The molecule has 1 aliphatic rings. The Morgan fingerprint density at radius 2 is 1.90 bits per heavy atom. The zero-order chi connectivity index (χ0) is 14.3. The summed E-state index contributed by atoms with van der Waals surface area (Å²) in [5.41, 5.74) is 2.79. The van der Waals surface area contributed by atoms with E-state index in [-0.39, 0.29) is 6.10 Å². The van der Waals surface area contributed by atoms with Crippen molar-refractivity contribution in [2.24, 2.45) is 0 Å². The van der Waals surface area contributed by atoms with Crippen LogP contribution in [0.2, 0.25) is 10.0 Å². The summed E-state index contributed by atoms with van der Waals surface area (Å²) in [5.74, 6) is 0.713. The Kier molecular flexibility index (Phi) is 3.63. The highest BCUT2D eigenvalue weighted by atomic mass is 35.5. The van der Waals surface area contributed by atoms with Gasteiger partial charge in [-0.15, -0.1) is 0 Å². The molecule has 2 nitrogen and oxygen atoms in total. The molecule has 0 spiro atoms. The first kappa shape index (κ1) is 13.7. The first-order chi connectivity index (χ1) is 9.54. The van der Waals surface area contributed by atoms with E-state index in [1.54, 1.807) is 12.1 Å². The van der Waals surface area contributed by atoms with E-state index in [4.69, 9.17) is 27.9 Å². The molecule has 0 saturated heterocycles. The van der Waals surface area contributed by atoms with Crippen LogP contribution in [0.5, 0.6) is 5.75 Å². The summed E-state index contributed by atoms with van der Waals surface area (Å²) < 4.78 is 5.98. The summed E-state index contributed by atoms with van der Waals surface area (Å²) in [7, 11) is 0. The molecule has 0 radical (unpaired) electrons. The minimum atomic E-state index is -0.546. The molecule has 1 heterocycles. The summed E-state index contributed by atoms with van der Waals surface area (Å²) in [6.07, 6.45) is -0.321. The van der Waals surface area contributed by atoms with Crippen molar-refractivity contribution in [1.29, 1.82) is 0 Å². The van der Waals surface area contributed by atoms with Gasteiger partial charge in [-0.05, 0) is 31.2 Å². The predicted molar refractivity (Wildman–Crippen MR) is 80.6 cm³/mol. The summed E-state index contributed by atoms with van der Waals surface area (Å²) in [6.45, 7) is 2.00. The highest BCUT2D eigenvalue weighted by Gasteiger charge is 2.29. The van der Waals surface area contributed by atoms with Gasteiger partial charge >= 0.3 is 0 Å². The van der Waals surface area contributed by atoms with E-state index in [0.717, 1.165) is 16.7 Å². The number of aliphatic hydroxyl groups is 1. The number of rotatable bonds is 1. The van der Waals surface area contributed by atoms with Crippen molar-refractivity contribution in [3.63, 3.8) is 0 Å². The molecule has 4 heteroatoms. The highest BCUT2D eigenvalue weighted by molar-refractivity contribution is 6.35. The lowest BCUT2D eigenvalue weighted by Gasteiger charge is -2.30. The second-order valence-corrected chi connectivity index (χ2v) is 5.91. The minimum Gasteiger partial charge on any atom is -0.485 e. The number of fused-ring (bicyclic) bond motifs is 1. The van der Waals surface area contributed by atoms with Crippen LogP contribution in [-0.2, 0) is 0 Å². The molecule has 1 aliphatic heterocycles. The number of aryl methyl sites for hydroxylation is 1. The van der Waals surface area contributed by atoms with Gasteiger partial charge < -0.3 is 9.84 Å². The number of aliphatic hydroxyl groups excluding tert-OH is 1. The Bertz CT molecular complexity index is 655. The average Bonchev–Trinajstić information content (AvgIpc) is 2.39. The van der Waals surface area contributed by atoms with Gasteiger partial charge in [-0.25, -0.2) is 0 Å². The standard InChI is InChI=1S/C16H14Cl2O2/c1-9-2-5-15-12(6-9)14(19)8-16(20-15)11-4-3-10(17)7-13(11)18/h2-7,14,16,19H,8H2,1H3/t14-,16?/m1/s1. The van der Waals surface area contributed by atoms with Gasteiger partial charge in [0.25, 0.3) is 0 Å². The van der Waals surface area contributed by atoms with Crippen LogP contribution in [0.25, 0.3) is 0 Å². The first-order valence-corrected chi connectivity index (χ1v) is 7.20. The van der Waals surface area contributed by atoms with Gasteiger partial charge in [-0.3, -0.25) is 0 Å². The number of hydrogen-bond acceptors (Lipinski definition) is 2. The van der Waals surface area contributed by atoms with E-state index in [9.17, 15) is 5.11 Å². The number of ether oxygens (including phenoxy) is 1. The summed E-state index contributed by atoms with van der Waals surface area (Å²) in [6, 6.07) is 11.1. The predicted octanol–water partition coefficient (Wildman–Crippen LogP) is 4.86. The minimum absolute atomic E-state index is 0.259. The third kappa shape index (κ3) is 2.51. The number of halogens is 2. The summed E-state index contributed by atoms with van der Waals surface area (Å²) in [5, 5.41) is 11.5. The van der Waals surface area contributed by atoms with E-state index in [1.165, 1.54) is 0 Å². The lowest BCUT2D eigenvalue weighted by Crippen LogP contribution is -2.19. The topological polar surface area (TPSA) is 29.5 Å². The van der Waals surface area contributed by atoms with Crippen LogP contribution in [0.1, 0.15) is 35.3 Å². The molecular weight excluding hydrogens is 295 g/mol. The molecule has 1 unspecified atom stereocenters. The zero-order valence-electron chi connectivity index (χ0n) is 10.9. The fourth-order valence-electron chi connectivity index (χ4n) is 2.52. The van der Waals surface area contributed by atoms with Gasteiger partial charge in [0.2, 0.25) is 0 Å². The molecule has 0 amide bonds. The van der Waals surface area contributed by atoms with E-state index in [1.807, 2.05) is 31.2 Å². The molecule has 104 valence electrons. The summed E-state index contributed by atoms with van der Waals surface area (Å²) in [4.78, 5) is 0. The molecule has 2 aromatic rings. The van der Waals surface area contributed by atoms with Crippen LogP contribution in [-0.4, -0.2) is 5.11 Å². The molecule has 0 fully saturated rings. The van der Waals surface area contributed by atoms with Crippen molar-refractivity contribution in [3.05, 3.63) is 63.1 Å². The molecule has 3 rings (SSSR count). The van der Waals surface area contributed by atoms with Gasteiger partial charge in [0.1, 0.15) is 11.9 Å². The normalized spacial score (nSPS) is 21.2. The largest absolute Gasteiger partial charge is 0.485 e. The Hall–Kier alpha value is -1.22. The third-order valence-corrected chi connectivity index (χ3v) is 4.10. The smallest absolute Gasteiger partial charge is 0.128 e. The maximum Gasteiger partial charge on any atom is 0.128 e. The van der Waals surface area contributed by atoms with E-state index in [0.29, 0.717) is 22.2 Å². The Morgan fingerprint density at radius 1 is 1.10 bits per heavy atom. The molecule has 20 heavy (non-hydrogen) atoms. The van der Waals surface area contributed by atoms with Crippen molar-refractivity contribution in [2.45, 2.75) is 25.6 Å². The molecule has 1 N–H and O–H groups in total. The maximum absolute atomic E-state index is 10.3. The molecule has 0 bridgehead atoms. The van der Waals surface area contributed by atoms with Crippen LogP contribution < -0.4 is 4.74 Å². The molecular formula is C16H14Cl2O2. The average molecular weight is 309 g/mol. The fourth-order valence-corrected chi connectivity index (χ4v) is 3.05. The third-order valence-electron chi connectivity index (χ3n) is 3.54. The fraction of sp³-hybridized carbons (Fsp3) is 0.250. The van der Waals surface area contributed by atoms with Crippen LogP contribution in [0.15, 0.2) is 36.4 Å². The molecule has 0 saturated carbocycles. The molecule has 0 aliphatic carbocycles. The second kappa shape index (κ2) is 5.28. The van der Waals surface area contributed by atoms with Gasteiger partial charge in [0.05, 0.1) is 6.10 Å². The van der Waals surface area contributed by atoms with E-state index < -0.39 is 6.10 Å². The molecule has 2 atom stereocenters. The van der Waals surface area contributed by atoms with E-state index in [2.05, 4.69) is 0 Å². The van der Waals surface area contributed by atoms with Crippen LogP contribution in [0, 0.1) is 6.92 Å². The van der Waals surface area contributed by atoms with Crippen molar-refractivity contribution < 1.29 is 9.84 Å².